The van der Waals surface area contributed by atoms with Gasteiger partial charge in [-0.15, -0.1) is 0 Å². The monoisotopic (exact) mass is 280 g/mol. The van der Waals surface area contributed by atoms with Crippen LogP contribution < -0.4 is 5.32 Å². The smallest absolute Gasteiger partial charge is 0.253 e. The predicted octanol–water partition coefficient (Wildman–Crippen LogP) is 3.41. The van der Waals surface area contributed by atoms with Gasteiger partial charge in [-0.2, -0.15) is 0 Å². The highest BCUT2D eigenvalue weighted by atomic mass is 16.2. The Kier molecular flexibility index (Phi) is 3.65. The van der Waals surface area contributed by atoms with Gasteiger partial charge in [0.2, 0.25) is 0 Å². The van der Waals surface area contributed by atoms with Gasteiger partial charge in [0, 0.05) is 31.9 Å². The van der Waals surface area contributed by atoms with E-state index in [4.69, 9.17) is 0 Å². The molecule has 1 aliphatic rings. The Morgan fingerprint density at radius 1 is 1.14 bits per heavy atom. The molecule has 0 radical (unpaired) electrons. The van der Waals surface area contributed by atoms with Crippen LogP contribution in [0.1, 0.15) is 22.3 Å². The minimum absolute atomic E-state index is 0.0430. The van der Waals surface area contributed by atoms with Gasteiger partial charge in [0.1, 0.15) is 0 Å². The average molecular weight is 280 g/mol. The third kappa shape index (κ3) is 2.64. The lowest BCUT2D eigenvalue weighted by Gasteiger charge is -2.20. The molecule has 0 saturated heterocycles. The van der Waals surface area contributed by atoms with Crippen molar-refractivity contribution in [3.63, 3.8) is 0 Å². The standard InChI is InChI=1S/C18H20N2O/c1-20(2)18(21)16-8-4-3-7-15(16)13-9-10-17-14(12-13)6-5-11-19-17/h3-4,7-10,12,19H,5-6,11H2,1-2H3. The van der Waals surface area contributed by atoms with E-state index in [1.807, 2.05) is 24.3 Å². The number of hydrogen-bond acceptors (Lipinski definition) is 2. The van der Waals surface area contributed by atoms with Crippen LogP contribution in [0, 0.1) is 0 Å². The summed E-state index contributed by atoms with van der Waals surface area (Å²) in [6.45, 7) is 1.04. The van der Waals surface area contributed by atoms with Crippen LogP contribution in [-0.4, -0.2) is 31.4 Å². The second-order valence-corrected chi connectivity index (χ2v) is 5.65. The SMILES string of the molecule is CN(C)C(=O)c1ccccc1-c1ccc2c(c1)CCCN2. The maximum absolute atomic E-state index is 12.3. The number of carbonyl (C=O) groups excluding carboxylic acids is 1. The minimum Gasteiger partial charge on any atom is -0.385 e. The molecule has 1 heterocycles. The Balaban J connectivity index is 2.06. The van der Waals surface area contributed by atoms with Crippen molar-refractivity contribution in [2.24, 2.45) is 0 Å². The molecular weight excluding hydrogens is 260 g/mol. The van der Waals surface area contributed by atoms with Crippen LogP contribution in [0.3, 0.4) is 0 Å². The Hall–Kier alpha value is -2.29. The maximum atomic E-state index is 12.3. The van der Waals surface area contributed by atoms with Crippen molar-refractivity contribution >= 4 is 11.6 Å². The van der Waals surface area contributed by atoms with Gasteiger partial charge in [-0.05, 0) is 47.7 Å². The number of benzene rings is 2. The first-order valence-electron chi connectivity index (χ1n) is 7.34. The molecule has 0 unspecified atom stereocenters. The first-order valence-corrected chi connectivity index (χ1v) is 7.34. The Labute approximate surface area is 125 Å². The Morgan fingerprint density at radius 3 is 2.76 bits per heavy atom. The van der Waals surface area contributed by atoms with E-state index in [-0.39, 0.29) is 5.91 Å². The molecule has 3 nitrogen and oxygen atoms in total. The van der Waals surface area contributed by atoms with Gasteiger partial charge in [0.25, 0.3) is 5.91 Å². The molecule has 0 spiro atoms. The van der Waals surface area contributed by atoms with E-state index in [1.165, 1.54) is 11.3 Å². The minimum atomic E-state index is 0.0430. The van der Waals surface area contributed by atoms with Crippen LogP contribution in [0.4, 0.5) is 5.69 Å². The van der Waals surface area contributed by atoms with E-state index in [9.17, 15) is 4.79 Å². The fourth-order valence-corrected chi connectivity index (χ4v) is 2.80. The molecule has 0 atom stereocenters. The topological polar surface area (TPSA) is 32.3 Å². The molecule has 0 aromatic heterocycles. The molecule has 3 rings (SSSR count). The van der Waals surface area contributed by atoms with Gasteiger partial charge in [-0.1, -0.05) is 24.3 Å². The van der Waals surface area contributed by atoms with Gasteiger partial charge >= 0.3 is 0 Å². The second-order valence-electron chi connectivity index (χ2n) is 5.65. The van der Waals surface area contributed by atoms with E-state index >= 15 is 0 Å². The molecule has 0 aliphatic carbocycles. The fraction of sp³-hybridized carbons (Fsp3) is 0.278. The zero-order valence-electron chi connectivity index (χ0n) is 12.5. The third-order valence-electron chi connectivity index (χ3n) is 3.92. The lowest BCUT2D eigenvalue weighted by molar-refractivity contribution is 0.0828. The molecular formula is C18H20N2O. The number of rotatable bonds is 2. The highest BCUT2D eigenvalue weighted by Gasteiger charge is 2.15. The average Bonchev–Trinajstić information content (AvgIpc) is 2.53. The molecule has 0 saturated carbocycles. The van der Waals surface area contributed by atoms with Gasteiger partial charge in [0.15, 0.2) is 0 Å². The van der Waals surface area contributed by atoms with Crippen LogP contribution in [0.2, 0.25) is 0 Å². The van der Waals surface area contributed by atoms with Gasteiger partial charge in [-0.25, -0.2) is 0 Å². The van der Waals surface area contributed by atoms with Crippen molar-refractivity contribution in [2.45, 2.75) is 12.8 Å². The number of amides is 1. The molecule has 3 heteroatoms. The summed E-state index contributed by atoms with van der Waals surface area (Å²) in [5, 5.41) is 3.42. The Bertz CT molecular complexity index is 677. The van der Waals surface area contributed by atoms with Crippen molar-refractivity contribution in [1.82, 2.24) is 4.90 Å². The number of anilines is 1. The van der Waals surface area contributed by atoms with Gasteiger partial charge in [-0.3, -0.25) is 4.79 Å². The number of hydrogen-bond donors (Lipinski definition) is 1. The predicted molar refractivity (Wildman–Crippen MR) is 86.7 cm³/mol. The molecule has 108 valence electrons. The van der Waals surface area contributed by atoms with Gasteiger partial charge in [0.05, 0.1) is 0 Å². The molecule has 21 heavy (non-hydrogen) atoms. The van der Waals surface area contributed by atoms with Crippen molar-refractivity contribution in [1.29, 1.82) is 0 Å². The van der Waals surface area contributed by atoms with E-state index in [1.54, 1.807) is 19.0 Å². The van der Waals surface area contributed by atoms with Crippen LogP contribution in [0.5, 0.6) is 0 Å². The largest absolute Gasteiger partial charge is 0.385 e. The number of fused-ring (bicyclic) bond motifs is 1. The van der Waals surface area contributed by atoms with E-state index in [0.29, 0.717) is 0 Å². The number of nitrogens with one attached hydrogen (secondary N) is 1. The summed E-state index contributed by atoms with van der Waals surface area (Å²) in [6.07, 6.45) is 2.26. The first kappa shape index (κ1) is 13.7. The van der Waals surface area contributed by atoms with Crippen molar-refractivity contribution < 1.29 is 4.79 Å². The summed E-state index contributed by atoms with van der Waals surface area (Å²) in [5.74, 6) is 0.0430. The van der Waals surface area contributed by atoms with Crippen LogP contribution in [-0.2, 0) is 6.42 Å². The van der Waals surface area contributed by atoms with Crippen LogP contribution >= 0.6 is 0 Å². The molecule has 1 aliphatic heterocycles. The summed E-state index contributed by atoms with van der Waals surface area (Å²) in [5.41, 5.74) is 5.44. The molecule has 2 aromatic rings. The van der Waals surface area contributed by atoms with Crippen LogP contribution in [0.15, 0.2) is 42.5 Å². The molecule has 1 amide bonds. The van der Waals surface area contributed by atoms with E-state index < -0.39 is 0 Å². The second kappa shape index (κ2) is 5.60. The highest BCUT2D eigenvalue weighted by Crippen LogP contribution is 2.30. The zero-order valence-corrected chi connectivity index (χ0v) is 12.5. The normalized spacial score (nSPS) is 13.2. The molecule has 2 aromatic carbocycles. The number of nitrogens with zero attached hydrogens (tertiary/aromatic N) is 1. The maximum Gasteiger partial charge on any atom is 0.253 e. The number of aryl methyl sites for hydroxylation is 1. The van der Waals surface area contributed by atoms with E-state index in [0.717, 1.165) is 36.1 Å². The van der Waals surface area contributed by atoms with Crippen molar-refractivity contribution in [2.75, 3.05) is 26.0 Å². The molecule has 0 bridgehead atoms. The summed E-state index contributed by atoms with van der Waals surface area (Å²) in [7, 11) is 3.58. The third-order valence-corrected chi connectivity index (χ3v) is 3.92. The molecule has 1 N–H and O–H groups in total. The lowest BCUT2D eigenvalue weighted by atomic mass is 9.94. The fourth-order valence-electron chi connectivity index (χ4n) is 2.80. The Morgan fingerprint density at radius 2 is 1.95 bits per heavy atom. The van der Waals surface area contributed by atoms with E-state index in [2.05, 4.69) is 23.5 Å². The van der Waals surface area contributed by atoms with Gasteiger partial charge < -0.3 is 10.2 Å². The first-order chi connectivity index (χ1) is 10.2. The summed E-state index contributed by atoms with van der Waals surface area (Å²) < 4.78 is 0. The highest BCUT2D eigenvalue weighted by molar-refractivity contribution is 6.00. The van der Waals surface area contributed by atoms with Crippen molar-refractivity contribution in [3.05, 3.63) is 53.6 Å². The lowest BCUT2D eigenvalue weighted by Crippen LogP contribution is -2.22. The molecule has 0 fully saturated rings. The number of carbonyl (C=O) groups is 1. The summed E-state index contributed by atoms with van der Waals surface area (Å²) in [6, 6.07) is 14.3. The quantitative estimate of drug-likeness (QED) is 0.914. The van der Waals surface area contributed by atoms with Crippen molar-refractivity contribution in [3.8, 4) is 11.1 Å². The summed E-state index contributed by atoms with van der Waals surface area (Å²) in [4.78, 5) is 14.0. The van der Waals surface area contributed by atoms with Crippen LogP contribution in [0.25, 0.3) is 11.1 Å². The zero-order chi connectivity index (χ0) is 14.8. The summed E-state index contributed by atoms with van der Waals surface area (Å²) >= 11 is 0.